The Morgan fingerprint density at radius 2 is 2.09 bits per heavy atom. The van der Waals surface area contributed by atoms with E-state index >= 15 is 0 Å². The first-order valence-corrected chi connectivity index (χ1v) is 8.33. The van der Waals surface area contributed by atoms with E-state index in [0.29, 0.717) is 23.0 Å². The zero-order valence-electron chi connectivity index (χ0n) is 13.0. The number of rotatable bonds is 6. The van der Waals surface area contributed by atoms with Crippen molar-refractivity contribution in [2.24, 2.45) is 0 Å². The number of benzene rings is 1. The zero-order chi connectivity index (χ0) is 16.3. The summed E-state index contributed by atoms with van der Waals surface area (Å²) in [4.78, 5) is 4.26. The summed E-state index contributed by atoms with van der Waals surface area (Å²) in [7, 11) is 0.166. The summed E-state index contributed by atoms with van der Waals surface area (Å²) < 4.78 is 36.2. The van der Waals surface area contributed by atoms with Crippen LogP contribution in [0.25, 0.3) is 0 Å². The largest absolute Gasteiger partial charge is 0.496 e. The molecular formula is C15H19FN2O3S. The van der Waals surface area contributed by atoms with E-state index in [9.17, 15) is 8.60 Å². The molecule has 5 nitrogen and oxygen atoms in total. The van der Waals surface area contributed by atoms with Crippen molar-refractivity contribution in [2.45, 2.75) is 37.7 Å². The molecule has 2 rings (SSSR count). The molecule has 1 aromatic heterocycles. The molecule has 7 heteroatoms. The van der Waals surface area contributed by atoms with E-state index in [1.165, 1.54) is 25.3 Å². The van der Waals surface area contributed by atoms with Gasteiger partial charge < -0.3 is 9.26 Å². The fraction of sp³-hybridized carbons (Fsp3) is 0.467. The highest BCUT2D eigenvalue weighted by Crippen LogP contribution is 2.26. The Hall–Kier alpha value is -1.76. The number of nitrogens with zero attached hydrogens (tertiary/aromatic N) is 2. The molecule has 0 N–H and O–H groups in total. The van der Waals surface area contributed by atoms with Crippen LogP contribution in [0.5, 0.6) is 5.75 Å². The maximum absolute atomic E-state index is 13.4. The Balaban J connectivity index is 2.15. The van der Waals surface area contributed by atoms with Crippen molar-refractivity contribution in [1.29, 1.82) is 0 Å². The number of ether oxygens (including phenoxy) is 1. The van der Waals surface area contributed by atoms with Crippen LogP contribution in [0.2, 0.25) is 0 Å². The molecule has 0 aliphatic carbocycles. The van der Waals surface area contributed by atoms with Gasteiger partial charge in [-0.05, 0) is 25.1 Å². The summed E-state index contributed by atoms with van der Waals surface area (Å²) in [5, 5.41) is 3.43. The van der Waals surface area contributed by atoms with Crippen molar-refractivity contribution in [1.82, 2.24) is 10.1 Å². The maximum atomic E-state index is 13.4. The van der Waals surface area contributed by atoms with Gasteiger partial charge in [-0.3, -0.25) is 4.21 Å². The lowest BCUT2D eigenvalue weighted by Gasteiger charge is -2.10. The molecule has 0 spiro atoms. The number of methoxy groups -OCH3 is 1. The van der Waals surface area contributed by atoms with Crippen molar-refractivity contribution in [3.63, 3.8) is 0 Å². The van der Waals surface area contributed by atoms with Crippen molar-refractivity contribution in [2.75, 3.05) is 7.11 Å². The fourth-order valence-corrected chi connectivity index (χ4v) is 3.00. The molecule has 0 saturated carbocycles. The molecule has 0 radical (unpaired) electrons. The van der Waals surface area contributed by atoms with Gasteiger partial charge in [0.1, 0.15) is 16.8 Å². The van der Waals surface area contributed by atoms with Crippen LogP contribution in [-0.4, -0.2) is 21.5 Å². The number of hydrogen-bond acceptors (Lipinski definition) is 5. The molecule has 0 aliphatic rings. The minimum Gasteiger partial charge on any atom is -0.496 e. The Morgan fingerprint density at radius 3 is 2.68 bits per heavy atom. The molecule has 0 unspecified atom stereocenters. The summed E-state index contributed by atoms with van der Waals surface area (Å²) >= 11 is 0. The van der Waals surface area contributed by atoms with Gasteiger partial charge in [-0.2, -0.15) is 4.98 Å². The van der Waals surface area contributed by atoms with Gasteiger partial charge in [0.15, 0.2) is 5.82 Å². The van der Waals surface area contributed by atoms with Crippen LogP contribution in [0.15, 0.2) is 22.7 Å². The van der Waals surface area contributed by atoms with Crippen LogP contribution < -0.4 is 4.74 Å². The molecule has 120 valence electrons. The Morgan fingerprint density at radius 1 is 1.36 bits per heavy atom. The second kappa shape index (κ2) is 7.00. The van der Waals surface area contributed by atoms with Crippen molar-refractivity contribution in [3.05, 3.63) is 41.3 Å². The Labute approximate surface area is 131 Å². The zero-order valence-corrected chi connectivity index (χ0v) is 13.8. The van der Waals surface area contributed by atoms with Gasteiger partial charge in [-0.1, -0.05) is 19.0 Å². The second-order valence-corrected chi connectivity index (χ2v) is 7.03. The SMILES string of the molecule is COc1ccc(F)cc1C[S@@](=O)[C@@H](C)c1nc(C(C)C)no1. The molecule has 2 atom stereocenters. The van der Waals surface area contributed by atoms with E-state index in [2.05, 4.69) is 10.1 Å². The molecular weight excluding hydrogens is 307 g/mol. The lowest BCUT2D eigenvalue weighted by molar-refractivity contribution is 0.371. The second-order valence-electron chi connectivity index (χ2n) is 5.27. The van der Waals surface area contributed by atoms with Gasteiger partial charge >= 0.3 is 0 Å². The predicted octanol–water partition coefficient (Wildman–Crippen LogP) is 3.35. The molecule has 0 amide bonds. The third-order valence-electron chi connectivity index (χ3n) is 3.26. The quantitative estimate of drug-likeness (QED) is 0.814. The van der Waals surface area contributed by atoms with Gasteiger partial charge in [-0.15, -0.1) is 0 Å². The lowest BCUT2D eigenvalue weighted by Crippen LogP contribution is -2.07. The number of aromatic nitrogens is 2. The smallest absolute Gasteiger partial charge is 0.242 e. The normalized spacial score (nSPS) is 14.1. The highest BCUT2D eigenvalue weighted by Gasteiger charge is 2.22. The van der Waals surface area contributed by atoms with E-state index in [-0.39, 0.29) is 17.5 Å². The van der Waals surface area contributed by atoms with Gasteiger partial charge in [0.2, 0.25) is 5.89 Å². The molecule has 0 aliphatic heterocycles. The van der Waals surface area contributed by atoms with Crippen LogP contribution in [0, 0.1) is 5.82 Å². The molecule has 1 aromatic carbocycles. The minimum absolute atomic E-state index is 0.140. The molecule has 1 heterocycles. The lowest BCUT2D eigenvalue weighted by atomic mass is 10.2. The standard InChI is InChI=1S/C15H19FN2O3S/c1-9(2)14-17-15(21-18-14)10(3)22(19)8-11-7-12(16)5-6-13(11)20-4/h5-7,9-10H,8H2,1-4H3/t10-,22+/m0/s1. The summed E-state index contributed by atoms with van der Waals surface area (Å²) in [6.45, 7) is 5.65. The van der Waals surface area contributed by atoms with E-state index in [4.69, 9.17) is 9.26 Å². The average Bonchev–Trinajstić information content (AvgIpc) is 2.96. The summed E-state index contributed by atoms with van der Waals surface area (Å²) in [5.41, 5.74) is 0.552. The Bertz CT molecular complexity index is 673. The third-order valence-corrected chi connectivity index (χ3v) is 4.84. The summed E-state index contributed by atoms with van der Waals surface area (Å²) in [6.07, 6.45) is 0. The van der Waals surface area contributed by atoms with Crippen LogP contribution in [-0.2, 0) is 16.6 Å². The maximum Gasteiger partial charge on any atom is 0.242 e. The highest BCUT2D eigenvalue weighted by atomic mass is 32.2. The fourth-order valence-electron chi connectivity index (χ4n) is 1.90. The van der Waals surface area contributed by atoms with Crippen LogP contribution in [0.3, 0.4) is 0 Å². The predicted molar refractivity (Wildman–Crippen MR) is 81.6 cm³/mol. The monoisotopic (exact) mass is 326 g/mol. The van der Waals surface area contributed by atoms with Gasteiger partial charge in [0.25, 0.3) is 0 Å². The highest BCUT2D eigenvalue weighted by molar-refractivity contribution is 7.84. The summed E-state index contributed by atoms with van der Waals surface area (Å²) in [6, 6.07) is 4.16. The van der Waals surface area contributed by atoms with E-state index in [1.54, 1.807) is 6.92 Å². The first-order chi connectivity index (χ1) is 10.4. The number of halogens is 1. The van der Waals surface area contributed by atoms with Crippen molar-refractivity contribution >= 4 is 10.8 Å². The molecule has 22 heavy (non-hydrogen) atoms. The Kier molecular flexibility index (Phi) is 5.28. The molecule has 0 bridgehead atoms. The van der Waals surface area contributed by atoms with E-state index in [0.717, 1.165) is 0 Å². The average molecular weight is 326 g/mol. The molecule has 2 aromatic rings. The topological polar surface area (TPSA) is 65.2 Å². The van der Waals surface area contributed by atoms with Gasteiger partial charge in [0, 0.05) is 22.3 Å². The van der Waals surface area contributed by atoms with Crippen LogP contribution in [0.4, 0.5) is 4.39 Å². The minimum atomic E-state index is -1.33. The molecule has 0 fully saturated rings. The third kappa shape index (κ3) is 3.71. The van der Waals surface area contributed by atoms with Crippen molar-refractivity contribution < 1.29 is 17.9 Å². The van der Waals surface area contributed by atoms with Crippen LogP contribution in [0.1, 0.15) is 49.2 Å². The first-order valence-electron chi connectivity index (χ1n) is 6.95. The number of hydrogen-bond donors (Lipinski definition) is 0. The first kappa shape index (κ1) is 16.6. The van der Waals surface area contributed by atoms with E-state index in [1.807, 2.05) is 13.8 Å². The van der Waals surface area contributed by atoms with Gasteiger partial charge in [0.05, 0.1) is 12.9 Å². The molecule has 0 saturated heterocycles. The van der Waals surface area contributed by atoms with E-state index < -0.39 is 16.0 Å². The van der Waals surface area contributed by atoms with Gasteiger partial charge in [-0.25, -0.2) is 4.39 Å². The van der Waals surface area contributed by atoms with Crippen molar-refractivity contribution in [3.8, 4) is 5.75 Å². The summed E-state index contributed by atoms with van der Waals surface area (Å²) in [5.74, 6) is 1.33. The van der Waals surface area contributed by atoms with Crippen LogP contribution >= 0.6 is 0 Å².